The lowest BCUT2D eigenvalue weighted by Crippen LogP contribution is -2.39. The molecule has 0 unspecified atom stereocenters. The molecular weight excluding hydrogens is 224 g/mol. The quantitative estimate of drug-likeness (QED) is 0.780. The van der Waals surface area contributed by atoms with Crippen molar-refractivity contribution >= 4 is 24.0 Å². The van der Waals surface area contributed by atoms with Crippen LogP contribution >= 0.6 is 12.4 Å². The van der Waals surface area contributed by atoms with Gasteiger partial charge < -0.3 is 11.1 Å². The Morgan fingerprint density at radius 3 is 2.69 bits per heavy atom. The summed E-state index contributed by atoms with van der Waals surface area (Å²) in [6, 6.07) is 5.81. The zero-order valence-corrected chi connectivity index (χ0v) is 10.1. The van der Waals surface area contributed by atoms with Crippen LogP contribution in [0.4, 0.5) is 5.69 Å². The van der Waals surface area contributed by atoms with E-state index in [0.29, 0.717) is 17.3 Å². The van der Waals surface area contributed by atoms with Crippen LogP contribution in [0.15, 0.2) is 18.2 Å². The van der Waals surface area contributed by atoms with Crippen LogP contribution in [0.5, 0.6) is 0 Å². The Balaban J connectivity index is 0.00000128. The molecule has 0 spiro atoms. The van der Waals surface area contributed by atoms with Gasteiger partial charge in [0.05, 0.1) is 0 Å². The standard InChI is InChI=1S/C12H16N2O.ClH/c1-8-5-6-9(13)7-11(8)12(15)14-10-3-2-4-10;/h5-7,10H,2-4,13H2,1H3,(H,14,15);1H. The molecule has 0 aliphatic heterocycles. The number of benzene rings is 1. The molecular formula is C12H17ClN2O. The van der Waals surface area contributed by atoms with E-state index in [1.165, 1.54) is 6.42 Å². The number of anilines is 1. The normalized spacial score (nSPS) is 14.8. The SMILES string of the molecule is Cc1ccc(N)cc1C(=O)NC1CCC1.Cl. The van der Waals surface area contributed by atoms with Gasteiger partial charge in [0.15, 0.2) is 0 Å². The third-order valence-electron chi connectivity index (χ3n) is 2.95. The van der Waals surface area contributed by atoms with E-state index in [9.17, 15) is 4.79 Å². The van der Waals surface area contributed by atoms with E-state index in [-0.39, 0.29) is 18.3 Å². The monoisotopic (exact) mass is 240 g/mol. The zero-order chi connectivity index (χ0) is 10.8. The number of hydrogen-bond acceptors (Lipinski definition) is 2. The number of carbonyl (C=O) groups excluding carboxylic acids is 1. The lowest BCUT2D eigenvalue weighted by Gasteiger charge is -2.26. The second-order valence-electron chi connectivity index (χ2n) is 4.18. The summed E-state index contributed by atoms with van der Waals surface area (Å²) in [6.45, 7) is 1.93. The van der Waals surface area contributed by atoms with Crippen LogP contribution in [0.2, 0.25) is 0 Å². The number of nitrogens with two attached hydrogens (primary N) is 1. The molecule has 1 amide bonds. The average Bonchev–Trinajstić information content (AvgIpc) is 2.15. The first kappa shape index (κ1) is 12.8. The Bertz CT molecular complexity index is 389. The fraction of sp³-hybridized carbons (Fsp3) is 0.417. The number of carbonyl (C=O) groups is 1. The lowest BCUT2D eigenvalue weighted by atomic mass is 9.92. The van der Waals surface area contributed by atoms with Gasteiger partial charge >= 0.3 is 0 Å². The Hall–Kier alpha value is -1.22. The van der Waals surface area contributed by atoms with E-state index >= 15 is 0 Å². The van der Waals surface area contributed by atoms with Crippen LogP contribution in [-0.2, 0) is 0 Å². The van der Waals surface area contributed by atoms with Gasteiger partial charge in [-0.05, 0) is 43.9 Å². The van der Waals surface area contributed by atoms with E-state index in [0.717, 1.165) is 18.4 Å². The van der Waals surface area contributed by atoms with E-state index in [1.54, 1.807) is 6.07 Å². The fourth-order valence-electron chi connectivity index (χ4n) is 1.70. The van der Waals surface area contributed by atoms with Gasteiger partial charge in [-0.3, -0.25) is 4.79 Å². The molecule has 0 saturated heterocycles. The molecule has 0 radical (unpaired) electrons. The summed E-state index contributed by atoms with van der Waals surface area (Å²) < 4.78 is 0. The molecule has 0 atom stereocenters. The van der Waals surface area contributed by atoms with Crippen LogP contribution in [-0.4, -0.2) is 11.9 Å². The number of halogens is 1. The Morgan fingerprint density at radius 2 is 2.12 bits per heavy atom. The van der Waals surface area contributed by atoms with Gasteiger partial charge in [0, 0.05) is 17.3 Å². The van der Waals surface area contributed by atoms with Crippen molar-refractivity contribution in [1.29, 1.82) is 0 Å². The number of nitrogens with one attached hydrogen (secondary N) is 1. The Kier molecular flexibility index (Phi) is 4.19. The maximum Gasteiger partial charge on any atom is 0.251 e. The summed E-state index contributed by atoms with van der Waals surface area (Å²) >= 11 is 0. The minimum Gasteiger partial charge on any atom is -0.399 e. The van der Waals surface area contributed by atoms with Crippen molar-refractivity contribution in [2.75, 3.05) is 5.73 Å². The van der Waals surface area contributed by atoms with Gasteiger partial charge in [0.25, 0.3) is 5.91 Å². The van der Waals surface area contributed by atoms with Gasteiger partial charge in [-0.2, -0.15) is 0 Å². The largest absolute Gasteiger partial charge is 0.399 e. The molecule has 3 nitrogen and oxygen atoms in total. The van der Waals surface area contributed by atoms with Crippen molar-refractivity contribution in [3.8, 4) is 0 Å². The Labute approximate surface area is 102 Å². The molecule has 2 rings (SSSR count). The molecule has 3 N–H and O–H groups in total. The van der Waals surface area contributed by atoms with Crippen LogP contribution in [0, 0.1) is 6.92 Å². The van der Waals surface area contributed by atoms with Gasteiger partial charge in [-0.15, -0.1) is 12.4 Å². The maximum absolute atomic E-state index is 11.9. The number of nitrogen functional groups attached to an aromatic ring is 1. The van der Waals surface area contributed by atoms with Crippen molar-refractivity contribution < 1.29 is 4.79 Å². The first-order chi connectivity index (χ1) is 7.16. The molecule has 16 heavy (non-hydrogen) atoms. The van der Waals surface area contributed by atoms with Gasteiger partial charge in [-0.25, -0.2) is 0 Å². The molecule has 0 heterocycles. The number of hydrogen-bond donors (Lipinski definition) is 2. The van der Waals surface area contributed by atoms with Crippen molar-refractivity contribution in [2.24, 2.45) is 0 Å². The van der Waals surface area contributed by atoms with E-state index in [4.69, 9.17) is 5.73 Å². The van der Waals surface area contributed by atoms with E-state index < -0.39 is 0 Å². The van der Waals surface area contributed by atoms with Crippen LogP contribution < -0.4 is 11.1 Å². The highest BCUT2D eigenvalue weighted by Crippen LogP contribution is 2.19. The van der Waals surface area contributed by atoms with Crippen molar-refractivity contribution in [2.45, 2.75) is 32.2 Å². The first-order valence-electron chi connectivity index (χ1n) is 5.34. The molecule has 1 aromatic rings. The van der Waals surface area contributed by atoms with Crippen LogP contribution in [0.1, 0.15) is 35.2 Å². The molecule has 4 heteroatoms. The van der Waals surface area contributed by atoms with Gasteiger partial charge in [-0.1, -0.05) is 6.07 Å². The minimum absolute atomic E-state index is 0. The second kappa shape index (κ2) is 5.21. The molecule has 1 saturated carbocycles. The van der Waals surface area contributed by atoms with Crippen LogP contribution in [0.25, 0.3) is 0 Å². The maximum atomic E-state index is 11.9. The highest BCUT2D eigenvalue weighted by molar-refractivity contribution is 5.96. The predicted octanol–water partition coefficient (Wildman–Crippen LogP) is 2.28. The molecule has 1 fully saturated rings. The molecule has 1 aliphatic rings. The highest BCUT2D eigenvalue weighted by Gasteiger charge is 2.20. The van der Waals surface area contributed by atoms with Crippen molar-refractivity contribution in [1.82, 2.24) is 5.32 Å². The third kappa shape index (κ3) is 2.67. The summed E-state index contributed by atoms with van der Waals surface area (Å²) in [5, 5.41) is 3.01. The van der Waals surface area contributed by atoms with Crippen LogP contribution in [0.3, 0.4) is 0 Å². The zero-order valence-electron chi connectivity index (χ0n) is 9.32. The summed E-state index contributed by atoms with van der Waals surface area (Å²) in [7, 11) is 0. The van der Waals surface area contributed by atoms with Gasteiger partial charge in [0.1, 0.15) is 0 Å². The number of rotatable bonds is 2. The Morgan fingerprint density at radius 1 is 1.44 bits per heavy atom. The highest BCUT2D eigenvalue weighted by atomic mass is 35.5. The summed E-state index contributed by atoms with van der Waals surface area (Å²) in [6.07, 6.45) is 3.43. The first-order valence-corrected chi connectivity index (χ1v) is 5.34. The molecule has 0 bridgehead atoms. The van der Waals surface area contributed by atoms with E-state index in [1.807, 2.05) is 19.1 Å². The molecule has 88 valence electrons. The second-order valence-corrected chi connectivity index (χ2v) is 4.18. The molecule has 1 aliphatic carbocycles. The fourth-order valence-corrected chi connectivity index (χ4v) is 1.70. The van der Waals surface area contributed by atoms with Crippen molar-refractivity contribution in [3.05, 3.63) is 29.3 Å². The topological polar surface area (TPSA) is 55.1 Å². The summed E-state index contributed by atoms with van der Waals surface area (Å²) in [5.41, 5.74) is 7.97. The minimum atomic E-state index is 0. The third-order valence-corrected chi connectivity index (χ3v) is 2.95. The number of amides is 1. The predicted molar refractivity (Wildman–Crippen MR) is 67.9 cm³/mol. The average molecular weight is 241 g/mol. The summed E-state index contributed by atoms with van der Waals surface area (Å²) in [4.78, 5) is 11.9. The molecule has 1 aromatic carbocycles. The number of aryl methyl sites for hydroxylation is 1. The lowest BCUT2D eigenvalue weighted by molar-refractivity contribution is 0.0916. The van der Waals surface area contributed by atoms with E-state index in [2.05, 4.69) is 5.32 Å². The summed E-state index contributed by atoms with van der Waals surface area (Å²) in [5.74, 6) is 0.00417. The van der Waals surface area contributed by atoms with Gasteiger partial charge in [0.2, 0.25) is 0 Å². The smallest absolute Gasteiger partial charge is 0.251 e. The molecule has 0 aromatic heterocycles. The van der Waals surface area contributed by atoms with Crippen molar-refractivity contribution in [3.63, 3.8) is 0 Å².